The summed E-state index contributed by atoms with van der Waals surface area (Å²) in [7, 11) is 0. The molecular weight excluding hydrogens is 396 g/mol. The number of hydrogen-bond acceptors (Lipinski definition) is 3. The van der Waals surface area contributed by atoms with E-state index < -0.39 is 0 Å². The van der Waals surface area contributed by atoms with Crippen molar-refractivity contribution in [2.75, 3.05) is 19.6 Å². The Morgan fingerprint density at radius 3 is 2.67 bits per heavy atom. The molecule has 1 aromatic carbocycles. The first-order valence-electron chi connectivity index (χ1n) is 10.4. The Morgan fingerprint density at radius 2 is 1.93 bits per heavy atom. The number of nitrogens with zero attached hydrogens (tertiary/aromatic N) is 4. The summed E-state index contributed by atoms with van der Waals surface area (Å²) in [6, 6.07) is 14.0. The number of aromatic nitrogens is 3. The molecule has 30 heavy (non-hydrogen) atoms. The van der Waals surface area contributed by atoms with Crippen molar-refractivity contribution in [1.29, 1.82) is 0 Å². The molecule has 3 aromatic rings. The second-order valence-corrected chi connectivity index (χ2v) is 7.44. The minimum atomic E-state index is 0.520. The van der Waals surface area contributed by atoms with E-state index in [1.54, 1.807) is 0 Å². The fourth-order valence-corrected chi connectivity index (χ4v) is 3.25. The van der Waals surface area contributed by atoms with E-state index in [4.69, 9.17) is 16.6 Å². The van der Waals surface area contributed by atoms with Crippen molar-refractivity contribution in [1.82, 2.24) is 25.4 Å². The topological polar surface area (TPSA) is 67.1 Å². The first-order chi connectivity index (χ1) is 14.7. The van der Waals surface area contributed by atoms with Crippen LogP contribution in [0.25, 0.3) is 5.69 Å². The highest BCUT2D eigenvalue weighted by Crippen LogP contribution is 2.13. The highest BCUT2D eigenvalue weighted by Gasteiger charge is 2.06. The summed E-state index contributed by atoms with van der Waals surface area (Å²) in [6.45, 7) is 6.51. The molecule has 7 heteroatoms. The second-order valence-electron chi connectivity index (χ2n) is 7.05. The number of nitrogens with one attached hydrogen (secondary N) is 2. The van der Waals surface area contributed by atoms with Crippen LogP contribution in [0.5, 0.6) is 0 Å². The van der Waals surface area contributed by atoms with Gasteiger partial charge in [0.25, 0.3) is 0 Å². The normalized spacial score (nSPS) is 11.5. The molecule has 0 amide bonds. The molecule has 0 spiro atoms. The number of benzene rings is 1. The predicted molar refractivity (Wildman–Crippen MR) is 124 cm³/mol. The van der Waals surface area contributed by atoms with Crippen LogP contribution >= 0.6 is 11.6 Å². The molecule has 2 N–H and O–H groups in total. The van der Waals surface area contributed by atoms with Crippen LogP contribution < -0.4 is 10.6 Å². The van der Waals surface area contributed by atoms with E-state index in [2.05, 4.69) is 52.9 Å². The lowest BCUT2D eigenvalue weighted by atomic mass is 10.1. The number of rotatable bonds is 9. The van der Waals surface area contributed by atoms with E-state index in [0.29, 0.717) is 5.15 Å². The highest BCUT2D eigenvalue weighted by molar-refractivity contribution is 6.29. The quantitative estimate of drug-likeness (QED) is 0.236. The van der Waals surface area contributed by atoms with Gasteiger partial charge in [-0.25, -0.2) is 9.67 Å². The minimum absolute atomic E-state index is 0.520. The zero-order valence-electron chi connectivity index (χ0n) is 17.6. The Kier molecular flexibility index (Phi) is 8.27. The van der Waals surface area contributed by atoms with Gasteiger partial charge in [-0.15, -0.1) is 0 Å². The minimum Gasteiger partial charge on any atom is -0.357 e. The van der Waals surface area contributed by atoms with E-state index in [-0.39, 0.29) is 0 Å². The average Bonchev–Trinajstić information content (AvgIpc) is 3.14. The molecule has 0 saturated heterocycles. The molecule has 0 aliphatic heterocycles. The maximum absolute atomic E-state index is 5.83. The van der Waals surface area contributed by atoms with Gasteiger partial charge >= 0.3 is 0 Å². The van der Waals surface area contributed by atoms with Gasteiger partial charge in [0.15, 0.2) is 5.96 Å². The number of aliphatic imine (C=N–C) groups is 1. The molecule has 0 fully saturated rings. The zero-order chi connectivity index (χ0) is 21.2. The summed E-state index contributed by atoms with van der Waals surface area (Å²) in [5.41, 5.74) is 4.57. The summed E-state index contributed by atoms with van der Waals surface area (Å²) in [4.78, 5) is 8.81. The van der Waals surface area contributed by atoms with E-state index in [9.17, 15) is 0 Å². The first kappa shape index (κ1) is 21.8. The van der Waals surface area contributed by atoms with Crippen molar-refractivity contribution in [3.8, 4) is 5.69 Å². The van der Waals surface area contributed by atoms with Crippen LogP contribution in [0.15, 0.2) is 59.9 Å². The third-order valence-corrected chi connectivity index (χ3v) is 4.96. The number of guanidine groups is 1. The van der Waals surface area contributed by atoms with Crippen LogP contribution in [0.1, 0.15) is 30.2 Å². The van der Waals surface area contributed by atoms with Crippen LogP contribution in [0, 0.1) is 6.92 Å². The van der Waals surface area contributed by atoms with Crippen LogP contribution in [0.3, 0.4) is 0 Å². The Labute approximate surface area is 183 Å². The van der Waals surface area contributed by atoms with Gasteiger partial charge in [-0.3, -0.25) is 4.99 Å². The van der Waals surface area contributed by atoms with Crippen molar-refractivity contribution in [2.24, 2.45) is 4.99 Å². The molecule has 0 radical (unpaired) electrons. The Morgan fingerprint density at radius 1 is 1.10 bits per heavy atom. The first-order valence-corrected chi connectivity index (χ1v) is 10.8. The standard InChI is InChI=1S/C23H29ClN6/c1-3-25-23(27-15-13-19-11-12-22(24)28-16-19)26-14-7-8-20-17-30(29-18(20)2)21-9-5-4-6-10-21/h4-6,9-12,16-17H,3,7-8,13-15H2,1-2H3,(H2,25,26,27). The largest absolute Gasteiger partial charge is 0.357 e. The summed E-state index contributed by atoms with van der Waals surface area (Å²) >= 11 is 5.83. The van der Waals surface area contributed by atoms with Crippen LogP contribution in [-0.4, -0.2) is 40.4 Å². The summed E-state index contributed by atoms with van der Waals surface area (Å²) in [6.07, 6.45) is 6.73. The van der Waals surface area contributed by atoms with Gasteiger partial charge in [-0.1, -0.05) is 35.9 Å². The van der Waals surface area contributed by atoms with Crippen LogP contribution in [0.4, 0.5) is 0 Å². The molecule has 0 unspecified atom stereocenters. The molecule has 158 valence electrons. The van der Waals surface area contributed by atoms with Crippen molar-refractivity contribution in [2.45, 2.75) is 33.1 Å². The maximum Gasteiger partial charge on any atom is 0.191 e. The van der Waals surface area contributed by atoms with Gasteiger partial charge in [0.2, 0.25) is 0 Å². The van der Waals surface area contributed by atoms with Crippen LogP contribution in [0.2, 0.25) is 5.15 Å². The van der Waals surface area contributed by atoms with Crippen molar-refractivity contribution in [3.05, 3.63) is 76.8 Å². The lowest BCUT2D eigenvalue weighted by Crippen LogP contribution is -2.38. The SMILES string of the molecule is CCNC(=NCCCc1cn(-c2ccccc2)nc1C)NCCc1ccc(Cl)nc1. The number of para-hydroxylation sites is 1. The second kappa shape index (κ2) is 11.4. The van der Waals surface area contributed by atoms with Gasteiger partial charge in [-0.2, -0.15) is 5.10 Å². The van der Waals surface area contributed by atoms with Crippen molar-refractivity contribution >= 4 is 17.6 Å². The van der Waals surface area contributed by atoms with Gasteiger partial charge in [0.05, 0.1) is 11.4 Å². The molecule has 0 bridgehead atoms. The molecule has 6 nitrogen and oxygen atoms in total. The highest BCUT2D eigenvalue weighted by atomic mass is 35.5. The van der Waals surface area contributed by atoms with E-state index in [1.165, 1.54) is 5.56 Å². The Balaban J connectivity index is 1.47. The Bertz CT molecular complexity index is 934. The van der Waals surface area contributed by atoms with E-state index in [1.807, 2.05) is 41.2 Å². The maximum atomic E-state index is 5.83. The lowest BCUT2D eigenvalue weighted by Gasteiger charge is -2.11. The van der Waals surface area contributed by atoms with Crippen LogP contribution in [-0.2, 0) is 12.8 Å². The third-order valence-electron chi connectivity index (χ3n) is 4.73. The molecular formula is C23H29ClN6. The average molecular weight is 425 g/mol. The van der Waals surface area contributed by atoms with E-state index >= 15 is 0 Å². The van der Waals surface area contributed by atoms with Gasteiger partial charge in [-0.05, 0) is 62.4 Å². The zero-order valence-corrected chi connectivity index (χ0v) is 18.4. The lowest BCUT2D eigenvalue weighted by molar-refractivity contribution is 0.775. The number of aryl methyl sites for hydroxylation is 2. The summed E-state index contributed by atoms with van der Waals surface area (Å²) in [5.74, 6) is 0.844. The number of halogens is 1. The summed E-state index contributed by atoms with van der Waals surface area (Å²) in [5, 5.41) is 11.8. The van der Waals surface area contributed by atoms with Gasteiger partial charge < -0.3 is 10.6 Å². The molecule has 0 aliphatic carbocycles. The van der Waals surface area contributed by atoms with Gasteiger partial charge in [0, 0.05) is 32.0 Å². The fourth-order valence-electron chi connectivity index (χ4n) is 3.14. The van der Waals surface area contributed by atoms with Gasteiger partial charge in [0.1, 0.15) is 5.15 Å². The van der Waals surface area contributed by atoms with E-state index in [0.717, 1.165) is 61.8 Å². The monoisotopic (exact) mass is 424 g/mol. The predicted octanol–water partition coefficient (Wildman–Crippen LogP) is 3.96. The fraction of sp³-hybridized carbons (Fsp3) is 0.348. The molecule has 3 rings (SSSR count). The Hall–Kier alpha value is -2.86. The smallest absolute Gasteiger partial charge is 0.191 e. The molecule has 0 saturated carbocycles. The number of pyridine rings is 1. The summed E-state index contributed by atoms with van der Waals surface area (Å²) < 4.78 is 1.95. The van der Waals surface area contributed by atoms with Crippen molar-refractivity contribution < 1.29 is 0 Å². The number of hydrogen-bond donors (Lipinski definition) is 2. The molecule has 0 atom stereocenters. The van der Waals surface area contributed by atoms with Crippen molar-refractivity contribution in [3.63, 3.8) is 0 Å². The molecule has 0 aliphatic rings. The third kappa shape index (κ3) is 6.59. The molecule has 2 aromatic heterocycles. The molecule has 2 heterocycles.